The predicted molar refractivity (Wildman–Crippen MR) is 65.6 cm³/mol. The molecular weight excluding hydrogens is 182 g/mol. The maximum Gasteiger partial charge on any atom is 0.0576 e. The van der Waals surface area contributed by atoms with Crippen LogP contribution in [0.4, 0.5) is 0 Å². The molecule has 1 rings (SSSR count). The fourth-order valence-corrected chi connectivity index (χ4v) is 1.54. The van der Waals surface area contributed by atoms with Crippen LogP contribution < -0.4 is 5.32 Å². The summed E-state index contributed by atoms with van der Waals surface area (Å²) in [4.78, 5) is 0. The average molecular weight is 199 g/mol. The van der Waals surface area contributed by atoms with Gasteiger partial charge in [0.15, 0.2) is 0 Å². The van der Waals surface area contributed by atoms with E-state index in [9.17, 15) is 0 Å². The van der Waals surface area contributed by atoms with Crippen molar-refractivity contribution >= 4 is 0 Å². The molecule has 0 spiro atoms. The van der Waals surface area contributed by atoms with Crippen LogP contribution in [0.15, 0.2) is 43.0 Å². The Morgan fingerprint density at radius 3 is 2.73 bits per heavy atom. The van der Waals surface area contributed by atoms with Crippen molar-refractivity contribution in [2.45, 2.75) is 18.9 Å². The van der Waals surface area contributed by atoms with Gasteiger partial charge in [0.25, 0.3) is 0 Å². The van der Waals surface area contributed by atoms with E-state index in [1.165, 1.54) is 5.56 Å². The van der Waals surface area contributed by atoms with Crippen molar-refractivity contribution in [2.75, 3.05) is 6.54 Å². The SMILES string of the molecule is C#CCN[C@H](CC=C)Cc1ccccc1. The van der Waals surface area contributed by atoms with Crippen LogP contribution >= 0.6 is 0 Å². The Bertz CT molecular complexity index is 321. The van der Waals surface area contributed by atoms with Crippen LogP contribution in [-0.2, 0) is 6.42 Å². The van der Waals surface area contributed by atoms with Crippen molar-refractivity contribution in [1.29, 1.82) is 0 Å². The molecule has 0 aliphatic heterocycles. The molecule has 0 saturated carbocycles. The van der Waals surface area contributed by atoms with Gasteiger partial charge in [0, 0.05) is 6.04 Å². The van der Waals surface area contributed by atoms with Crippen molar-refractivity contribution < 1.29 is 0 Å². The molecule has 0 aliphatic carbocycles. The molecule has 0 unspecified atom stereocenters. The highest BCUT2D eigenvalue weighted by Crippen LogP contribution is 2.05. The van der Waals surface area contributed by atoms with Crippen LogP contribution in [-0.4, -0.2) is 12.6 Å². The zero-order valence-corrected chi connectivity index (χ0v) is 8.95. The molecular formula is C14H17N. The maximum atomic E-state index is 5.23. The van der Waals surface area contributed by atoms with Crippen molar-refractivity contribution in [3.8, 4) is 12.3 Å². The van der Waals surface area contributed by atoms with Gasteiger partial charge in [-0.15, -0.1) is 13.0 Å². The van der Waals surface area contributed by atoms with Gasteiger partial charge in [-0.1, -0.05) is 42.3 Å². The number of terminal acetylenes is 1. The minimum absolute atomic E-state index is 0.390. The van der Waals surface area contributed by atoms with Crippen molar-refractivity contribution in [2.24, 2.45) is 0 Å². The summed E-state index contributed by atoms with van der Waals surface area (Å²) in [6, 6.07) is 10.8. The lowest BCUT2D eigenvalue weighted by Gasteiger charge is -2.15. The summed E-state index contributed by atoms with van der Waals surface area (Å²) in [6.07, 6.45) is 9.09. The molecule has 0 fully saturated rings. The largest absolute Gasteiger partial charge is 0.303 e. The average Bonchev–Trinajstić information content (AvgIpc) is 2.28. The highest BCUT2D eigenvalue weighted by molar-refractivity contribution is 5.16. The molecule has 0 heterocycles. The highest BCUT2D eigenvalue weighted by Gasteiger charge is 2.05. The lowest BCUT2D eigenvalue weighted by atomic mass is 10.0. The first-order valence-electron chi connectivity index (χ1n) is 5.18. The zero-order chi connectivity index (χ0) is 10.9. The fourth-order valence-electron chi connectivity index (χ4n) is 1.54. The van der Waals surface area contributed by atoms with Crippen LogP contribution in [0, 0.1) is 12.3 Å². The molecule has 0 aliphatic rings. The Kier molecular flexibility index (Phi) is 5.29. The van der Waals surface area contributed by atoms with E-state index >= 15 is 0 Å². The molecule has 1 aromatic rings. The van der Waals surface area contributed by atoms with Gasteiger partial charge >= 0.3 is 0 Å². The Hall–Kier alpha value is -1.52. The minimum atomic E-state index is 0.390. The van der Waals surface area contributed by atoms with Crippen LogP contribution in [0.5, 0.6) is 0 Å². The first kappa shape index (κ1) is 11.6. The monoisotopic (exact) mass is 199 g/mol. The standard InChI is InChI=1S/C14H17N/c1-3-8-14(15-11-4-2)12-13-9-6-5-7-10-13/h2-3,5-7,9-10,14-15H,1,8,11-12H2/t14-/m1/s1. The summed E-state index contributed by atoms with van der Waals surface area (Å²) in [5.74, 6) is 2.60. The van der Waals surface area contributed by atoms with Gasteiger partial charge < -0.3 is 5.32 Å². The second kappa shape index (κ2) is 6.86. The molecule has 0 radical (unpaired) electrons. The minimum Gasteiger partial charge on any atom is -0.303 e. The van der Waals surface area contributed by atoms with Gasteiger partial charge in [-0.25, -0.2) is 0 Å². The van der Waals surface area contributed by atoms with Crippen molar-refractivity contribution in [1.82, 2.24) is 5.32 Å². The quantitative estimate of drug-likeness (QED) is 0.548. The first-order chi connectivity index (χ1) is 7.36. The first-order valence-corrected chi connectivity index (χ1v) is 5.18. The fraction of sp³-hybridized carbons (Fsp3) is 0.286. The number of hydrogen-bond acceptors (Lipinski definition) is 1. The molecule has 1 aromatic carbocycles. The van der Waals surface area contributed by atoms with Crippen LogP contribution in [0.1, 0.15) is 12.0 Å². The number of rotatable bonds is 6. The van der Waals surface area contributed by atoms with Gasteiger partial charge in [-0.3, -0.25) is 0 Å². The van der Waals surface area contributed by atoms with E-state index in [1.807, 2.05) is 12.1 Å². The summed E-state index contributed by atoms with van der Waals surface area (Å²) >= 11 is 0. The van der Waals surface area contributed by atoms with E-state index in [0.29, 0.717) is 12.6 Å². The predicted octanol–water partition coefficient (Wildman–Crippen LogP) is 2.40. The Labute approximate surface area is 92.2 Å². The van der Waals surface area contributed by atoms with Crippen LogP contribution in [0.2, 0.25) is 0 Å². The van der Waals surface area contributed by atoms with Gasteiger partial charge in [0.2, 0.25) is 0 Å². The zero-order valence-electron chi connectivity index (χ0n) is 8.95. The molecule has 15 heavy (non-hydrogen) atoms. The third-order valence-electron chi connectivity index (χ3n) is 2.27. The number of nitrogens with one attached hydrogen (secondary N) is 1. The summed E-state index contributed by atoms with van der Waals surface area (Å²) in [5.41, 5.74) is 1.33. The molecule has 0 saturated heterocycles. The summed E-state index contributed by atoms with van der Waals surface area (Å²) in [6.45, 7) is 4.37. The highest BCUT2D eigenvalue weighted by atomic mass is 14.9. The third kappa shape index (κ3) is 4.49. The van der Waals surface area contributed by atoms with Crippen LogP contribution in [0.3, 0.4) is 0 Å². The van der Waals surface area contributed by atoms with Crippen LogP contribution in [0.25, 0.3) is 0 Å². The molecule has 1 heteroatoms. The third-order valence-corrected chi connectivity index (χ3v) is 2.27. The van der Waals surface area contributed by atoms with Crippen molar-refractivity contribution in [3.05, 3.63) is 48.6 Å². The van der Waals surface area contributed by atoms with Crippen molar-refractivity contribution in [3.63, 3.8) is 0 Å². The number of hydrogen-bond donors (Lipinski definition) is 1. The molecule has 0 amide bonds. The smallest absolute Gasteiger partial charge is 0.0576 e. The van der Waals surface area contributed by atoms with E-state index in [2.05, 4.69) is 42.1 Å². The summed E-state index contributed by atoms with van der Waals surface area (Å²) in [7, 11) is 0. The molecule has 78 valence electrons. The molecule has 0 aromatic heterocycles. The normalized spacial score (nSPS) is 11.7. The molecule has 1 N–H and O–H groups in total. The topological polar surface area (TPSA) is 12.0 Å². The Morgan fingerprint density at radius 2 is 2.13 bits per heavy atom. The van der Waals surface area contributed by atoms with Gasteiger partial charge in [0.1, 0.15) is 0 Å². The Balaban J connectivity index is 2.51. The molecule has 1 atom stereocenters. The summed E-state index contributed by atoms with van der Waals surface area (Å²) in [5, 5.41) is 3.31. The lowest BCUT2D eigenvalue weighted by molar-refractivity contribution is 0.546. The second-order valence-electron chi connectivity index (χ2n) is 3.50. The van der Waals surface area contributed by atoms with Gasteiger partial charge in [0.05, 0.1) is 6.54 Å². The van der Waals surface area contributed by atoms with E-state index in [4.69, 9.17) is 6.42 Å². The number of benzene rings is 1. The van der Waals surface area contributed by atoms with Gasteiger partial charge in [-0.2, -0.15) is 0 Å². The van der Waals surface area contributed by atoms with Gasteiger partial charge in [-0.05, 0) is 18.4 Å². The van der Waals surface area contributed by atoms with E-state index < -0.39 is 0 Å². The lowest BCUT2D eigenvalue weighted by Crippen LogP contribution is -2.30. The van der Waals surface area contributed by atoms with E-state index in [0.717, 1.165) is 12.8 Å². The summed E-state index contributed by atoms with van der Waals surface area (Å²) < 4.78 is 0. The van der Waals surface area contributed by atoms with E-state index in [1.54, 1.807) is 0 Å². The molecule has 1 nitrogen and oxygen atoms in total. The molecule has 0 bridgehead atoms. The maximum absolute atomic E-state index is 5.23. The second-order valence-corrected chi connectivity index (χ2v) is 3.50. The van der Waals surface area contributed by atoms with E-state index in [-0.39, 0.29) is 0 Å². The Morgan fingerprint density at radius 1 is 1.40 bits per heavy atom.